The van der Waals surface area contributed by atoms with E-state index in [-0.39, 0.29) is 0 Å². The molecule has 6 heteroatoms. The van der Waals surface area contributed by atoms with Gasteiger partial charge in [-0.25, -0.2) is 4.79 Å². The number of aryl methyl sites for hydroxylation is 1. The lowest BCUT2D eigenvalue weighted by molar-refractivity contribution is -0.784. The summed E-state index contributed by atoms with van der Waals surface area (Å²) in [6.45, 7) is 9.88. The molecule has 0 aliphatic carbocycles. The van der Waals surface area contributed by atoms with Gasteiger partial charge >= 0.3 is 6.09 Å². The van der Waals surface area contributed by atoms with Crippen LogP contribution in [0.15, 0.2) is 17.0 Å². The number of likely N-dealkylation sites (N-methyl/N-ethyl adjacent to an activating group) is 1. The number of morpholine rings is 1. The lowest BCUT2D eigenvalue weighted by atomic mass is 10.00. The van der Waals surface area contributed by atoms with Crippen molar-refractivity contribution in [3.8, 4) is 0 Å². The summed E-state index contributed by atoms with van der Waals surface area (Å²) in [6.07, 6.45) is -1.03. The van der Waals surface area contributed by atoms with Crippen molar-refractivity contribution in [1.82, 2.24) is 0 Å². The Hall–Kier alpha value is -1.24. The summed E-state index contributed by atoms with van der Waals surface area (Å²) < 4.78 is 6.36. The normalized spacial score (nSPS) is 17.5. The molecule has 0 unspecified atom stereocenters. The highest BCUT2D eigenvalue weighted by Gasteiger charge is 2.30. The molecule has 2 rings (SSSR count). The second-order valence-electron chi connectivity index (χ2n) is 6.24. The molecule has 1 aliphatic heterocycles. The van der Waals surface area contributed by atoms with Gasteiger partial charge in [-0.1, -0.05) is 13.8 Å². The maximum atomic E-state index is 10.9. The van der Waals surface area contributed by atoms with Gasteiger partial charge in [0.25, 0.3) is 0 Å². The molecule has 1 amide bonds. The number of nitrogens with one attached hydrogen (secondary N) is 1. The summed E-state index contributed by atoms with van der Waals surface area (Å²) in [5.41, 5.74) is 2.95. The fourth-order valence-electron chi connectivity index (χ4n) is 2.59. The van der Waals surface area contributed by atoms with Gasteiger partial charge in [0, 0.05) is 5.69 Å². The Morgan fingerprint density at radius 3 is 2.55 bits per heavy atom. The fourth-order valence-corrected chi connectivity index (χ4v) is 3.97. The Kier molecular flexibility index (Phi) is 5.36. The highest BCUT2D eigenvalue weighted by molar-refractivity contribution is 7.94. The number of hydrogen-bond donors (Lipinski definition) is 2. The first kappa shape index (κ1) is 17.1. The van der Waals surface area contributed by atoms with Crippen LogP contribution in [0.5, 0.6) is 0 Å². The molecule has 1 aromatic carbocycles. The number of benzene rings is 1. The standard InChI is InChI=1S/C16H24N2O3S/c1-11(2)14-10-13(17-16(19)20)9-12(3)15(14)22-18(4)5-7-21-8-6-18/h9-11,17H,5-8H2,1-4H3/p+1. The number of amides is 1. The largest absolute Gasteiger partial charge is 0.465 e. The van der Waals surface area contributed by atoms with Crippen molar-refractivity contribution in [2.24, 2.45) is 0 Å². The number of ether oxygens (including phenoxy) is 1. The molecule has 1 saturated heterocycles. The van der Waals surface area contributed by atoms with E-state index in [2.05, 4.69) is 26.2 Å². The van der Waals surface area contributed by atoms with E-state index in [1.807, 2.05) is 31.0 Å². The summed E-state index contributed by atoms with van der Waals surface area (Å²) in [7, 11) is 2.24. The molecule has 5 nitrogen and oxygen atoms in total. The molecule has 0 spiro atoms. The number of carbonyl (C=O) groups is 1. The van der Waals surface area contributed by atoms with Crippen molar-refractivity contribution in [3.63, 3.8) is 0 Å². The quantitative estimate of drug-likeness (QED) is 0.655. The Balaban J connectivity index is 2.34. The van der Waals surface area contributed by atoms with Crippen molar-refractivity contribution >= 4 is 23.7 Å². The van der Waals surface area contributed by atoms with Crippen LogP contribution >= 0.6 is 11.9 Å². The zero-order valence-electron chi connectivity index (χ0n) is 13.7. The number of hydrogen-bond acceptors (Lipinski definition) is 3. The van der Waals surface area contributed by atoms with E-state index < -0.39 is 6.09 Å². The summed E-state index contributed by atoms with van der Waals surface area (Å²) in [5, 5.41) is 11.4. The maximum absolute atomic E-state index is 10.9. The average Bonchev–Trinajstić information content (AvgIpc) is 2.41. The van der Waals surface area contributed by atoms with Crippen LogP contribution in [-0.2, 0) is 4.74 Å². The van der Waals surface area contributed by atoms with Crippen LogP contribution in [0.2, 0.25) is 0 Å². The molecule has 0 radical (unpaired) electrons. The van der Waals surface area contributed by atoms with E-state index in [4.69, 9.17) is 9.84 Å². The molecule has 0 bridgehead atoms. The molecule has 1 aromatic rings. The lowest BCUT2D eigenvalue weighted by Gasteiger charge is -2.35. The fraction of sp³-hybridized carbons (Fsp3) is 0.562. The summed E-state index contributed by atoms with van der Waals surface area (Å²) in [4.78, 5) is 12.1. The second-order valence-corrected chi connectivity index (χ2v) is 7.72. The van der Waals surface area contributed by atoms with Gasteiger partial charge in [-0.15, -0.1) is 0 Å². The van der Waals surface area contributed by atoms with E-state index in [0.29, 0.717) is 11.6 Å². The van der Waals surface area contributed by atoms with E-state index in [9.17, 15) is 4.79 Å². The second kappa shape index (κ2) is 6.89. The summed E-state index contributed by atoms with van der Waals surface area (Å²) in [6, 6.07) is 3.87. The van der Waals surface area contributed by atoms with Gasteiger partial charge in [-0.05, 0) is 36.1 Å². The van der Waals surface area contributed by atoms with Crippen molar-refractivity contribution < 1.29 is 18.5 Å². The molecule has 122 valence electrons. The molecule has 0 saturated carbocycles. The van der Waals surface area contributed by atoms with Crippen molar-refractivity contribution in [2.75, 3.05) is 38.7 Å². The first-order valence-corrected chi connectivity index (χ1v) is 8.34. The molecule has 2 N–H and O–H groups in total. The van der Waals surface area contributed by atoms with Gasteiger partial charge in [0.05, 0.1) is 25.2 Å². The first-order valence-electron chi connectivity index (χ1n) is 7.57. The summed E-state index contributed by atoms with van der Waals surface area (Å²) >= 11 is 1.86. The zero-order valence-corrected chi connectivity index (χ0v) is 14.5. The minimum Gasteiger partial charge on any atom is -0.465 e. The predicted octanol–water partition coefficient (Wildman–Crippen LogP) is 3.69. The van der Waals surface area contributed by atoms with Gasteiger partial charge in [0.2, 0.25) is 0 Å². The topological polar surface area (TPSA) is 58.6 Å². The number of quaternary nitrogens is 1. The number of anilines is 1. The number of nitrogens with zero attached hydrogens (tertiary/aromatic N) is 1. The van der Waals surface area contributed by atoms with Crippen LogP contribution in [0.4, 0.5) is 10.5 Å². The molecular weight excluding hydrogens is 300 g/mol. The van der Waals surface area contributed by atoms with Crippen LogP contribution in [0, 0.1) is 6.92 Å². The Bertz CT molecular complexity index is 555. The lowest BCUT2D eigenvalue weighted by Crippen LogP contribution is -2.46. The van der Waals surface area contributed by atoms with Crippen LogP contribution in [-0.4, -0.2) is 48.4 Å². The molecule has 1 fully saturated rings. The van der Waals surface area contributed by atoms with Gasteiger partial charge in [0.1, 0.15) is 25.0 Å². The van der Waals surface area contributed by atoms with Crippen LogP contribution in [0.3, 0.4) is 0 Å². The smallest absolute Gasteiger partial charge is 0.409 e. The van der Waals surface area contributed by atoms with Crippen molar-refractivity contribution in [2.45, 2.75) is 31.6 Å². The Morgan fingerprint density at radius 2 is 2.00 bits per heavy atom. The van der Waals surface area contributed by atoms with E-state index >= 15 is 0 Å². The van der Waals surface area contributed by atoms with Gasteiger partial charge in [-0.2, -0.15) is 0 Å². The molecule has 22 heavy (non-hydrogen) atoms. The molecule has 1 heterocycles. The van der Waals surface area contributed by atoms with E-state index in [1.165, 1.54) is 10.5 Å². The third kappa shape index (κ3) is 4.15. The minimum absolute atomic E-state index is 0.337. The SMILES string of the molecule is Cc1cc(NC(=O)O)cc(C(C)C)c1S[N+]1(C)CCOCC1. The third-order valence-electron chi connectivity index (χ3n) is 3.91. The highest BCUT2D eigenvalue weighted by atomic mass is 32.2. The number of carboxylic acid groups (broad SMARTS) is 1. The third-order valence-corrected chi connectivity index (χ3v) is 5.45. The Labute approximate surface area is 136 Å². The van der Waals surface area contributed by atoms with Gasteiger partial charge < -0.3 is 9.84 Å². The van der Waals surface area contributed by atoms with E-state index in [1.54, 1.807) is 0 Å². The highest BCUT2D eigenvalue weighted by Crippen LogP contribution is 2.39. The van der Waals surface area contributed by atoms with Crippen LogP contribution in [0.1, 0.15) is 30.9 Å². The van der Waals surface area contributed by atoms with Gasteiger partial charge in [-0.3, -0.25) is 9.21 Å². The van der Waals surface area contributed by atoms with Crippen LogP contribution < -0.4 is 5.32 Å². The van der Waals surface area contributed by atoms with E-state index in [0.717, 1.165) is 35.8 Å². The first-order chi connectivity index (χ1) is 10.3. The molecule has 0 aromatic heterocycles. The monoisotopic (exact) mass is 325 g/mol. The zero-order chi connectivity index (χ0) is 16.3. The van der Waals surface area contributed by atoms with Crippen molar-refractivity contribution in [3.05, 3.63) is 23.3 Å². The maximum Gasteiger partial charge on any atom is 0.409 e. The van der Waals surface area contributed by atoms with Gasteiger partial charge in [0.15, 0.2) is 0 Å². The molecule has 0 atom stereocenters. The Morgan fingerprint density at radius 1 is 1.36 bits per heavy atom. The molecular formula is C16H25N2O3S+. The predicted molar refractivity (Wildman–Crippen MR) is 89.5 cm³/mol. The minimum atomic E-state index is -1.03. The van der Waals surface area contributed by atoms with Crippen LogP contribution in [0.25, 0.3) is 0 Å². The average molecular weight is 325 g/mol. The molecule has 1 aliphatic rings. The van der Waals surface area contributed by atoms with Crippen molar-refractivity contribution in [1.29, 1.82) is 0 Å². The number of rotatable bonds is 4. The summed E-state index contributed by atoms with van der Waals surface area (Å²) in [5.74, 6) is 0.337.